The summed E-state index contributed by atoms with van der Waals surface area (Å²) >= 11 is 0. The van der Waals surface area contributed by atoms with Gasteiger partial charge >= 0.3 is 0 Å². The van der Waals surface area contributed by atoms with Crippen LogP contribution < -0.4 is 20.7 Å². The molecule has 0 saturated carbocycles. The number of carbonyl (C=O) groups excluding carboxylic acids is 2. The Kier molecular flexibility index (Phi) is 4.53. The number of carbonyl (C=O) groups is 2. The van der Waals surface area contributed by atoms with E-state index in [4.69, 9.17) is 4.74 Å². The zero-order chi connectivity index (χ0) is 17.9. The van der Waals surface area contributed by atoms with Gasteiger partial charge in [0.1, 0.15) is 5.75 Å². The zero-order valence-electron chi connectivity index (χ0n) is 14.2. The van der Waals surface area contributed by atoms with Gasteiger partial charge in [0, 0.05) is 24.1 Å². The van der Waals surface area contributed by atoms with Gasteiger partial charge in [-0.05, 0) is 55.6 Å². The van der Waals surface area contributed by atoms with Crippen molar-refractivity contribution in [1.29, 1.82) is 0 Å². The predicted molar refractivity (Wildman–Crippen MR) is 97.4 cm³/mol. The fourth-order valence-corrected chi connectivity index (χ4v) is 3.30. The first-order valence-corrected chi connectivity index (χ1v) is 8.70. The number of nitrogens with one attached hydrogen (secondary N) is 3. The van der Waals surface area contributed by atoms with E-state index in [0.717, 1.165) is 31.5 Å². The van der Waals surface area contributed by atoms with E-state index >= 15 is 0 Å². The highest BCUT2D eigenvalue weighted by Crippen LogP contribution is 2.30. The maximum absolute atomic E-state index is 12.5. The quantitative estimate of drug-likeness (QED) is 0.781. The fourth-order valence-electron chi connectivity index (χ4n) is 3.30. The molecule has 0 bridgehead atoms. The molecule has 2 aliphatic heterocycles. The molecule has 4 rings (SSSR count). The van der Waals surface area contributed by atoms with Crippen molar-refractivity contribution in [2.24, 2.45) is 5.92 Å². The molecular weight excluding hydrogens is 332 g/mol. The highest BCUT2D eigenvalue weighted by atomic mass is 16.5. The summed E-state index contributed by atoms with van der Waals surface area (Å²) in [5.74, 6) is 0.740. The van der Waals surface area contributed by atoms with E-state index in [1.54, 1.807) is 24.4 Å². The number of amides is 2. The summed E-state index contributed by atoms with van der Waals surface area (Å²) in [5, 5.41) is 8.93. The van der Waals surface area contributed by atoms with Crippen LogP contribution in [0.15, 0.2) is 36.7 Å². The van der Waals surface area contributed by atoms with Crippen LogP contribution in [0.5, 0.6) is 5.75 Å². The van der Waals surface area contributed by atoms with E-state index in [-0.39, 0.29) is 18.4 Å². The Morgan fingerprint density at radius 2 is 2.23 bits per heavy atom. The minimum absolute atomic E-state index is 0.0214. The van der Waals surface area contributed by atoms with Crippen molar-refractivity contribution < 1.29 is 14.3 Å². The number of anilines is 2. The molecule has 2 aromatic rings. The first-order chi connectivity index (χ1) is 12.7. The average Bonchev–Trinajstić information content (AvgIpc) is 3.15. The number of hydrogen-bond acceptors (Lipinski definition) is 5. The third-order valence-corrected chi connectivity index (χ3v) is 4.62. The summed E-state index contributed by atoms with van der Waals surface area (Å²) in [7, 11) is 0. The number of pyridine rings is 1. The molecule has 134 valence electrons. The van der Waals surface area contributed by atoms with Gasteiger partial charge in [-0.2, -0.15) is 0 Å². The van der Waals surface area contributed by atoms with Crippen LogP contribution in [-0.4, -0.2) is 36.5 Å². The Morgan fingerprint density at radius 1 is 1.31 bits per heavy atom. The summed E-state index contributed by atoms with van der Waals surface area (Å²) in [6, 6.07) is 7.04. The van der Waals surface area contributed by atoms with Crippen LogP contribution in [0.25, 0.3) is 0 Å². The first-order valence-electron chi connectivity index (χ1n) is 8.70. The lowest BCUT2D eigenvalue weighted by Gasteiger charge is -2.18. The summed E-state index contributed by atoms with van der Waals surface area (Å²) < 4.78 is 5.38. The maximum Gasteiger partial charge on any atom is 0.262 e. The average molecular weight is 352 g/mol. The van der Waals surface area contributed by atoms with Crippen LogP contribution in [0, 0.1) is 5.92 Å². The summed E-state index contributed by atoms with van der Waals surface area (Å²) in [5.41, 5.74) is 2.81. The van der Waals surface area contributed by atoms with E-state index in [1.165, 1.54) is 0 Å². The topological polar surface area (TPSA) is 92.3 Å². The molecule has 0 spiro atoms. The lowest BCUT2D eigenvalue weighted by Crippen LogP contribution is -2.25. The molecule has 2 amide bonds. The second-order valence-corrected chi connectivity index (χ2v) is 6.65. The highest BCUT2D eigenvalue weighted by molar-refractivity contribution is 6.04. The number of nitrogens with zero attached hydrogens (tertiary/aromatic N) is 1. The molecule has 26 heavy (non-hydrogen) atoms. The van der Waals surface area contributed by atoms with Gasteiger partial charge in [0.15, 0.2) is 6.61 Å². The van der Waals surface area contributed by atoms with Crippen LogP contribution in [0.4, 0.5) is 11.4 Å². The first kappa shape index (κ1) is 16.5. The molecule has 0 aliphatic carbocycles. The van der Waals surface area contributed by atoms with Crippen molar-refractivity contribution in [3.8, 4) is 5.75 Å². The van der Waals surface area contributed by atoms with Crippen LogP contribution >= 0.6 is 0 Å². The Labute approximate surface area is 151 Å². The molecule has 1 aromatic carbocycles. The van der Waals surface area contributed by atoms with Gasteiger partial charge in [0.2, 0.25) is 0 Å². The van der Waals surface area contributed by atoms with E-state index < -0.39 is 0 Å². The van der Waals surface area contributed by atoms with Gasteiger partial charge in [0.05, 0.1) is 11.3 Å². The van der Waals surface area contributed by atoms with Crippen LogP contribution in [0.1, 0.15) is 22.3 Å². The molecule has 1 unspecified atom stereocenters. The lowest BCUT2D eigenvalue weighted by atomic mass is 9.99. The maximum atomic E-state index is 12.5. The normalized spacial score (nSPS) is 18.6. The molecule has 0 radical (unpaired) electrons. The van der Waals surface area contributed by atoms with E-state index in [0.29, 0.717) is 28.6 Å². The van der Waals surface area contributed by atoms with Crippen molar-refractivity contribution in [1.82, 2.24) is 10.3 Å². The number of benzene rings is 1. The van der Waals surface area contributed by atoms with Gasteiger partial charge in [-0.25, -0.2) is 0 Å². The SMILES string of the molecule is O=C1COc2cc(NC(=O)c3cncc(CC4CCNC4)c3)ccc2N1. The molecule has 1 fully saturated rings. The monoisotopic (exact) mass is 352 g/mol. The van der Waals surface area contributed by atoms with Crippen molar-refractivity contribution >= 4 is 23.2 Å². The van der Waals surface area contributed by atoms with E-state index in [9.17, 15) is 9.59 Å². The second kappa shape index (κ2) is 7.13. The summed E-state index contributed by atoms with van der Waals surface area (Å²) in [6.07, 6.45) is 5.47. The van der Waals surface area contributed by atoms with Crippen LogP contribution in [0.2, 0.25) is 0 Å². The van der Waals surface area contributed by atoms with Gasteiger partial charge in [-0.3, -0.25) is 14.6 Å². The van der Waals surface area contributed by atoms with Crippen molar-refractivity contribution in [2.45, 2.75) is 12.8 Å². The molecule has 3 N–H and O–H groups in total. The summed E-state index contributed by atoms with van der Waals surface area (Å²) in [4.78, 5) is 28.1. The Balaban J connectivity index is 1.45. The number of fused-ring (bicyclic) bond motifs is 1. The number of hydrogen-bond donors (Lipinski definition) is 3. The smallest absolute Gasteiger partial charge is 0.262 e. The molecular formula is C19H20N4O3. The molecule has 1 saturated heterocycles. The molecule has 7 heteroatoms. The molecule has 1 aromatic heterocycles. The third-order valence-electron chi connectivity index (χ3n) is 4.62. The Bertz CT molecular complexity index is 846. The predicted octanol–water partition coefficient (Wildman–Crippen LogP) is 1.82. The lowest BCUT2D eigenvalue weighted by molar-refractivity contribution is -0.118. The largest absolute Gasteiger partial charge is 0.482 e. The zero-order valence-corrected chi connectivity index (χ0v) is 14.2. The van der Waals surface area contributed by atoms with E-state index in [1.807, 2.05) is 12.3 Å². The minimum Gasteiger partial charge on any atom is -0.482 e. The minimum atomic E-state index is -0.219. The standard InChI is InChI=1S/C19H20N4O3/c24-18-11-26-17-7-15(1-2-16(17)23-18)22-19(25)14-6-13(9-21-10-14)5-12-3-4-20-8-12/h1-2,6-7,9-10,12,20H,3-5,8,11H2,(H,22,25)(H,23,24). The van der Waals surface area contributed by atoms with Crippen molar-refractivity contribution in [3.05, 3.63) is 47.8 Å². The second-order valence-electron chi connectivity index (χ2n) is 6.65. The van der Waals surface area contributed by atoms with Crippen LogP contribution in [0.3, 0.4) is 0 Å². The van der Waals surface area contributed by atoms with Gasteiger partial charge in [-0.1, -0.05) is 0 Å². The van der Waals surface area contributed by atoms with Gasteiger partial charge < -0.3 is 20.7 Å². The highest BCUT2D eigenvalue weighted by Gasteiger charge is 2.18. The molecule has 3 heterocycles. The fraction of sp³-hybridized carbons (Fsp3) is 0.316. The van der Waals surface area contributed by atoms with Crippen molar-refractivity contribution in [3.63, 3.8) is 0 Å². The number of rotatable bonds is 4. The number of ether oxygens (including phenoxy) is 1. The summed E-state index contributed by atoms with van der Waals surface area (Å²) in [6.45, 7) is 2.05. The molecule has 7 nitrogen and oxygen atoms in total. The van der Waals surface area contributed by atoms with Gasteiger partial charge in [-0.15, -0.1) is 0 Å². The Hall–Kier alpha value is -2.93. The Morgan fingerprint density at radius 3 is 3.08 bits per heavy atom. The third kappa shape index (κ3) is 3.67. The van der Waals surface area contributed by atoms with E-state index in [2.05, 4.69) is 20.9 Å². The number of aromatic nitrogens is 1. The van der Waals surface area contributed by atoms with Gasteiger partial charge in [0.25, 0.3) is 11.8 Å². The molecule has 1 atom stereocenters. The van der Waals surface area contributed by atoms with Crippen LogP contribution in [-0.2, 0) is 11.2 Å². The molecule has 2 aliphatic rings. The van der Waals surface area contributed by atoms with Crippen molar-refractivity contribution in [2.75, 3.05) is 30.3 Å².